The second-order valence-corrected chi connectivity index (χ2v) is 4.68. The summed E-state index contributed by atoms with van der Waals surface area (Å²) in [7, 11) is 0. The van der Waals surface area contributed by atoms with Crippen molar-refractivity contribution in [2.24, 2.45) is 5.10 Å². The van der Waals surface area contributed by atoms with E-state index in [9.17, 15) is 18.0 Å². The maximum atomic E-state index is 12.0. The first kappa shape index (κ1) is 16.5. The Bertz CT molecular complexity index is 693. The Balaban J connectivity index is 1.94. The van der Waals surface area contributed by atoms with E-state index in [1.807, 2.05) is 31.2 Å². The minimum absolute atomic E-state index is 0.167. The van der Waals surface area contributed by atoms with Crippen LogP contribution in [0.4, 0.5) is 13.2 Å². The zero-order valence-electron chi connectivity index (χ0n) is 12.1. The number of hydrazone groups is 1. The van der Waals surface area contributed by atoms with Gasteiger partial charge >= 0.3 is 6.36 Å². The quantitative estimate of drug-likeness (QED) is 0.690. The molecule has 0 heterocycles. The highest BCUT2D eigenvalue weighted by Crippen LogP contribution is 2.22. The number of amides is 1. The minimum atomic E-state index is -4.76. The lowest BCUT2D eigenvalue weighted by molar-refractivity contribution is -0.274. The fourth-order valence-electron chi connectivity index (χ4n) is 1.69. The average molecular weight is 322 g/mol. The Morgan fingerprint density at radius 2 is 1.70 bits per heavy atom. The van der Waals surface area contributed by atoms with E-state index >= 15 is 0 Å². The highest BCUT2D eigenvalue weighted by Gasteiger charge is 2.31. The minimum Gasteiger partial charge on any atom is -0.406 e. The molecule has 0 spiro atoms. The molecule has 0 atom stereocenters. The van der Waals surface area contributed by atoms with Crippen molar-refractivity contribution in [2.45, 2.75) is 13.3 Å². The van der Waals surface area contributed by atoms with Crippen molar-refractivity contribution in [3.05, 3.63) is 65.2 Å². The molecule has 7 heteroatoms. The van der Waals surface area contributed by atoms with Crippen LogP contribution in [-0.4, -0.2) is 18.5 Å². The number of hydrogen-bond donors (Lipinski definition) is 1. The molecule has 0 saturated carbocycles. The SMILES string of the molecule is Cc1ccc(C=NNC(=O)c2ccc(OC(F)(F)F)cc2)cc1. The molecular weight excluding hydrogens is 309 g/mol. The van der Waals surface area contributed by atoms with Gasteiger partial charge in [0.15, 0.2) is 0 Å². The molecule has 0 aliphatic carbocycles. The number of carbonyl (C=O) groups excluding carboxylic acids is 1. The van der Waals surface area contributed by atoms with Gasteiger partial charge in [0, 0.05) is 5.56 Å². The Labute approximate surface area is 130 Å². The van der Waals surface area contributed by atoms with Crippen LogP contribution in [0.1, 0.15) is 21.5 Å². The number of ether oxygens (including phenoxy) is 1. The molecule has 1 N–H and O–H groups in total. The summed E-state index contributed by atoms with van der Waals surface area (Å²) < 4.78 is 39.8. The Hall–Kier alpha value is -2.83. The maximum absolute atomic E-state index is 12.0. The van der Waals surface area contributed by atoms with Gasteiger partial charge in [-0.3, -0.25) is 4.79 Å². The molecule has 0 aromatic heterocycles. The van der Waals surface area contributed by atoms with Crippen molar-refractivity contribution in [1.29, 1.82) is 0 Å². The topological polar surface area (TPSA) is 50.7 Å². The summed E-state index contributed by atoms with van der Waals surface area (Å²) in [6, 6.07) is 12.1. The number of hydrogen-bond acceptors (Lipinski definition) is 3. The van der Waals surface area contributed by atoms with E-state index in [2.05, 4.69) is 15.3 Å². The van der Waals surface area contributed by atoms with Crippen LogP contribution in [0.25, 0.3) is 0 Å². The first-order valence-electron chi connectivity index (χ1n) is 6.59. The lowest BCUT2D eigenvalue weighted by atomic mass is 10.2. The van der Waals surface area contributed by atoms with Gasteiger partial charge in [0.25, 0.3) is 5.91 Å². The van der Waals surface area contributed by atoms with Crippen LogP contribution in [0.5, 0.6) is 5.75 Å². The molecule has 0 bridgehead atoms. The zero-order valence-corrected chi connectivity index (χ0v) is 12.1. The van der Waals surface area contributed by atoms with E-state index in [0.717, 1.165) is 23.3 Å². The Morgan fingerprint density at radius 3 is 2.26 bits per heavy atom. The number of nitrogens with one attached hydrogen (secondary N) is 1. The van der Waals surface area contributed by atoms with Gasteiger partial charge < -0.3 is 4.74 Å². The summed E-state index contributed by atoms with van der Waals surface area (Å²) in [4.78, 5) is 11.8. The van der Waals surface area contributed by atoms with Crippen LogP contribution in [0.15, 0.2) is 53.6 Å². The lowest BCUT2D eigenvalue weighted by Crippen LogP contribution is -2.19. The van der Waals surface area contributed by atoms with Crippen molar-refractivity contribution in [2.75, 3.05) is 0 Å². The molecule has 0 aliphatic heterocycles. The molecular formula is C16H13F3N2O2. The summed E-state index contributed by atoms with van der Waals surface area (Å²) in [5.41, 5.74) is 4.38. The molecule has 120 valence electrons. The standard InChI is InChI=1S/C16H13F3N2O2/c1-11-2-4-12(5-3-11)10-20-21-15(22)13-6-8-14(9-7-13)23-16(17,18)19/h2-10H,1H3,(H,21,22). The average Bonchev–Trinajstić information content (AvgIpc) is 2.48. The van der Waals surface area contributed by atoms with Crippen LogP contribution in [0, 0.1) is 6.92 Å². The van der Waals surface area contributed by atoms with Crippen molar-refractivity contribution < 1.29 is 22.7 Å². The van der Waals surface area contributed by atoms with Crippen LogP contribution in [0.2, 0.25) is 0 Å². The molecule has 2 aromatic carbocycles. The third-order valence-electron chi connectivity index (χ3n) is 2.81. The number of aryl methyl sites for hydroxylation is 1. The van der Waals surface area contributed by atoms with E-state index in [4.69, 9.17) is 0 Å². The number of nitrogens with zero attached hydrogens (tertiary/aromatic N) is 1. The van der Waals surface area contributed by atoms with Crippen LogP contribution in [0.3, 0.4) is 0 Å². The molecule has 1 amide bonds. The van der Waals surface area contributed by atoms with Gasteiger partial charge in [-0.25, -0.2) is 5.43 Å². The van der Waals surface area contributed by atoms with E-state index < -0.39 is 18.0 Å². The highest BCUT2D eigenvalue weighted by molar-refractivity contribution is 5.94. The van der Waals surface area contributed by atoms with Crippen molar-refractivity contribution >= 4 is 12.1 Å². The van der Waals surface area contributed by atoms with E-state index in [1.165, 1.54) is 18.3 Å². The van der Waals surface area contributed by atoms with Gasteiger partial charge in [-0.15, -0.1) is 13.2 Å². The van der Waals surface area contributed by atoms with E-state index in [-0.39, 0.29) is 5.56 Å². The third kappa shape index (κ3) is 5.46. The van der Waals surface area contributed by atoms with Crippen molar-refractivity contribution in [3.8, 4) is 5.75 Å². The summed E-state index contributed by atoms with van der Waals surface area (Å²) in [6.07, 6.45) is -3.29. The first-order chi connectivity index (χ1) is 10.8. The Morgan fingerprint density at radius 1 is 1.09 bits per heavy atom. The summed E-state index contributed by atoms with van der Waals surface area (Å²) in [5, 5.41) is 3.79. The van der Waals surface area contributed by atoms with Gasteiger partial charge in [0.05, 0.1) is 6.21 Å². The summed E-state index contributed by atoms with van der Waals surface area (Å²) >= 11 is 0. The third-order valence-corrected chi connectivity index (χ3v) is 2.81. The number of benzene rings is 2. The molecule has 0 fully saturated rings. The normalized spacial score (nSPS) is 11.5. The van der Waals surface area contributed by atoms with Crippen LogP contribution >= 0.6 is 0 Å². The molecule has 2 aromatic rings. The van der Waals surface area contributed by atoms with Gasteiger partial charge in [0.1, 0.15) is 5.75 Å². The van der Waals surface area contributed by atoms with Gasteiger partial charge in [-0.1, -0.05) is 29.8 Å². The van der Waals surface area contributed by atoms with E-state index in [0.29, 0.717) is 0 Å². The first-order valence-corrected chi connectivity index (χ1v) is 6.59. The fourth-order valence-corrected chi connectivity index (χ4v) is 1.69. The number of alkyl halides is 3. The number of carbonyl (C=O) groups is 1. The Kier molecular flexibility index (Phi) is 5.00. The lowest BCUT2D eigenvalue weighted by Gasteiger charge is -2.08. The molecule has 0 aliphatic rings. The van der Waals surface area contributed by atoms with E-state index in [1.54, 1.807) is 0 Å². The van der Waals surface area contributed by atoms with Crippen LogP contribution in [-0.2, 0) is 0 Å². The summed E-state index contributed by atoms with van der Waals surface area (Å²) in [5.74, 6) is -0.927. The monoisotopic (exact) mass is 322 g/mol. The highest BCUT2D eigenvalue weighted by atomic mass is 19.4. The molecule has 23 heavy (non-hydrogen) atoms. The molecule has 0 saturated heterocycles. The molecule has 2 rings (SSSR count). The van der Waals surface area contributed by atoms with Gasteiger partial charge in [0.2, 0.25) is 0 Å². The second-order valence-electron chi connectivity index (χ2n) is 4.68. The fraction of sp³-hybridized carbons (Fsp3) is 0.125. The zero-order chi connectivity index (χ0) is 16.9. The van der Waals surface area contributed by atoms with Crippen molar-refractivity contribution in [3.63, 3.8) is 0 Å². The summed E-state index contributed by atoms with van der Waals surface area (Å²) in [6.45, 7) is 1.95. The maximum Gasteiger partial charge on any atom is 0.573 e. The molecule has 4 nitrogen and oxygen atoms in total. The second kappa shape index (κ2) is 6.95. The predicted octanol–water partition coefficient (Wildman–Crippen LogP) is 3.66. The number of halogens is 3. The van der Waals surface area contributed by atoms with Gasteiger partial charge in [-0.2, -0.15) is 5.10 Å². The largest absolute Gasteiger partial charge is 0.573 e. The molecule has 0 unspecified atom stereocenters. The predicted molar refractivity (Wildman–Crippen MR) is 79.4 cm³/mol. The van der Waals surface area contributed by atoms with Gasteiger partial charge in [-0.05, 0) is 36.8 Å². The molecule has 0 radical (unpaired) electrons. The number of rotatable bonds is 4. The van der Waals surface area contributed by atoms with Crippen molar-refractivity contribution in [1.82, 2.24) is 5.43 Å². The van der Waals surface area contributed by atoms with Crippen LogP contribution < -0.4 is 10.2 Å². The smallest absolute Gasteiger partial charge is 0.406 e.